The normalized spacial score (nSPS) is 14.7. The number of sulfonamides is 1. The fourth-order valence-corrected chi connectivity index (χ4v) is 5.77. The second-order valence-electron chi connectivity index (χ2n) is 8.67. The van der Waals surface area contributed by atoms with Crippen LogP contribution in [0, 0.1) is 0 Å². The number of amides is 1. The third kappa shape index (κ3) is 4.83. The zero-order valence-corrected chi connectivity index (χ0v) is 19.8. The topological polar surface area (TPSA) is 99.6 Å². The van der Waals surface area contributed by atoms with Gasteiger partial charge in [0.1, 0.15) is 10.6 Å². The largest absolute Gasteiger partial charge is 0.508 e. The first-order valence-electron chi connectivity index (χ1n) is 11.5. The van der Waals surface area contributed by atoms with Gasteiger partial charge in [-0.05, 0) is 72.9 Å². The van der Waals surface area contributed by atoms with E-state index in [-0.39, 0.29) is 16.6 Å². The van der Waals surface area contributed by atoms with Crippen molar-refractivity contribution in [1.29, 1.82) is 0 Å². The predicted octanol–water partition coefficient (Wildman–Crippen LogP) is 4.76. The zero-order valence-electron chi connectivity index (χ0n) is 19.0. The van der Waals surface area contributed by atoms with Crippen molar-refractivity contribution >= 4 is 32.5 Å². The Labute approximate surface area is 204 Å². The van der Waals surface area contributed by atoms with Gasteiger partial charge in [0.25, 0.3) is 15.9 Å². The van der Waals surface area contributed by atoms with Crippen LogP contribution in [0.5, 0.6) is 5.75 Å². The number of anilines is 1. The second kappa shape index (κ2) is 9.38. The van der Waals surface area contributed by atoms with Crippen LogP contribution in [0.15, 0.2) is 90.0 Å². The number of nitrogens with zero attached hydrogens (tertiary/aromatic N) is 2. The van der Waals surface area contributed by atoms with Gasteiger partial charge >= 0.3 is 0 Å². The molecule has 0 unspecified atom stereocenters. The number of hydrogen-bond acceptors (Lipinski definition) is 5. The minimum Gasteiger partial charge on any atom is -0.508 e. The van der Waals surface area contributed by atoms with Crippen molar-refractivity contribution in [3.8, 4) is 5.75 Å². The van der Waals surface area contributed by atoms with Crippen LogP contribution < -0.4 is 4.72 Å². The number of phenols is 1. The number of hydrogen-bond donors (Lipinski definition) is 2. The molecule has 1 saturated heterocycles. The molecule has 2 N–H and O–H groups in total. The van der Waals surface area contributed by atoms with E-state index in [1.807, 2.05) is 29.2 Å². The Morgan fingerprint density at radius 1 is 0.914 bits per heavy atom. The Hall–Kier alpha value is -3.91. The van der Waals surface area contributed by atoms with Crippen molar-refractivity contribution in [3.05, 3.63) is 96.2 Å². The molecule has 1 aliphatic heterocycles. The van der Waals surface area contributed by atoms with E-state index >= 15 is 0 Å². The van der Waals surface area contributed by atoms with E-state index in [9.17, 15) is 18.3 Å². The second-order valence-corrected chi connectivity index (χ2v) is 10.3. The molecule has 1 aromatic heterocycles. The first-order valence-corrected chi connectivity index (χ1v) is 12.9. The molecule has 1 amide bonds. The number of piperidine rings is 1. The number of phenolic OH excluding ortho intramolecular Hbond substituents is 1. The molecule has 0 aliphatic carbocycles. The van der Waals surface area contributed by atoms with Gasteiger partial charge in [-0.15, -0.1) is 0 Å². The molecule has 5 rings (SSSR count). The van der Waals surface area contributed by atoms with Crippen LogP contribution in [-0.2, 0) is 10.0 Å². The number of aromatic hydroxyl groups is 1. The number of aromatic nitrogens is 1. The third-order valence-corrected chi connectivity index (χ3v) is 7.83. The molecule has 0 radical (unpaired) electrons. The van der Waals surface area contributed by atoms with Crippen molar-refractivity contribution in [3.63, 3.8) is 0 Å². The molecule has 1 fully saturated rings. The van der Waals surface area contributed by atoms with Gasteiger partial charge in [-0.25, -0.2) is 8.42 Å². The van der Waals surface area contributed by atoms with E-state index < -0.39 is 10.0 Å². The molecule has 7 nitrogen and oxygen atoms in total. The van der Waals surface area contributed by atoms with Crippen LogP contribution in [-0.4, -0.2) is 42.4 Å². The number of pyridine rings is 1. The van der Waals surface area contributed by atoms with E-state index in [4.69, 9.17) is 0 Å². The maximum atomic E-state index is 13.0. The van der Waals surface area contributed by atoms with Gasteiger partial charge in [0.2, 0.25) is 0 Å². The molecule has 2 heterocycles. The Morgan fingerprint density at radius 3 is 2.31 bits per heavy atom. The van der Waals surface area contributed by atoms with Gasteiger partial charge in [0.15, 0.2) is 0 Å². The quantitative estimate of drug-likeness (QED) is 0.423. The summed E-state index contributed by atoms with van der Waals surface area (Å²) in [5.41, 5.74) is 2.47. The number of carbonyl (C=O) groups is 1. The molecule has 4 aromatic rings. The Morgan fingerprint density at radius 2 is 1.60 bits per heavy atom. The summed E-state index contributed by atoms with van der Waals surface area (Å²) in [6.45, 7) is 1.29. The van der Waals surface area contributed by atoms with Crippen LogP contribution in [0.1, 0.15) is 34.7 Å². The average molecular weight is 488 g/mol. The first kappa shape index (κ1) is 22.9. The lowest BCUT2D eigenvalue weighted by atomic mass is 9.89. The third-order valence-electron chi connectivity index (χ3n) is 6.42. The molecule has 0 spiro atoms. The SMILES string of the molecule is O=C(c1ccc(NS(=O)(=O)c2cccc3cccnc23)cc1)N1CCC(c2ccc(O)cc2)CC1. The van der Waals surface area contributed by atoms with E-state index in [0.29, 0.717) is 35.8 Å². The van der Waals surface area contributed by atoms with Gasteiger partial charge in [-0.2, -0.15) is 0 Å². The van der Waals surface area contributed by atoms with Gasteiger partial charge in [0.05, 0.1) is 5.52 Å². The van der Waals surface area contributed by atoms with Crippen LogP contribution >= 0.6 is 0 Å². The van der Waals surface area contributed by atoms with Crippen molar-refractivity contribution in [2.75, 3.05) is 17.8 Å². The molecular formula is C27H25N3O4S. The minimum absolute atomic E-state index is 0.0678. The number of rotatable bonds is 5. The molecule has 35 heavy (non-hydrogen) atoms. The highest BCUT2D eigenvalue weighted by Crippen LogP contribution is 2.30. The monoisotopic (exact) mass is 487 g/mol. The standard InChI is InChI=1S/C27H25N3O4S/c31-24-12-8-19(9-13-24)20-14-17-30(18-15-20)27(32)22-6-10-23(11-7-22)29-35(33,34)25-5-1-3-21-4-2-16-28-26(21)25/h1-13,16,20,29,31H,14-15,17-18H2. The highest BCUT2D eigenvalue weighted by molar-refractivity contribution is 7.93. The van der Waals surface area contributed by atoms with Crippen molar-refractivity contribution in [2.45, 2.75) is 23.7 Å². The molecular weight excluding hydrogens is 462 g/mol. The maximum absolute atomic E-state index is 13.0. The van der Waals surface area contributed by atoms with Gasteiger partial charge < -0.3 is 10.0 Å². The molecule has 178 valence electrons. The number of nitrogens with one attached hydrogen (secondary N) is 1. The van der Waals surface area contributed by atoms with Crippen LogP contribution in [0.3, 0.4) is 0 Å². The van der Waals surface area contributed by atoms with Crippen molar-refractivity contribution in [1.82, 2.24) is 9.88 Å². The fourth-order valence-electron chi connectivity index (χ4n) is 4.53. The van der Waals surface area contributed by atoms with Crippen molar-refractivity contribution < 1.29 is 18.3 Å². The maximum Gasteiger partial charge on any atom is 0.264 e. The van der Waals surface area contributed by atoms with Crippen LogP contribution in [0.2, 0.25) is 0 Å². The van der Waals surface area contributed by atoms with Gasteiger partial charge in [-0.1, -0.05) is 30.3 Å². The zero-order chi connectivity index (χ0) is 24.4. The number of benzene rings is 3. The van der Waals surface area contributed by atoms with Crippen molar-refractivity contribution in [2.24, 2.45) is 0 Å². The molecule has 3 aromatic carbocycles. The molecule has 1 aliphatic rings. The summed E-state index contributed by atoms with van der Waals surface area (Å²) < 4.78 is 28.6. The van der Waals surface area contributed by atoms with E-state index in [1.165, 1.54) is 11.6 Å². The van der Waals surface area contributed by atoms with Crippen LogP contribution in [0.4, 0.5) is 5.69 Å². The van der Waals surface area contributed by atoms with E-state index in [1.54, 1.807) is 54.7 Å². The number of carbonyl (C=O) groups excluding carboxylic acids is 1. The lowest BCUT2D eigenvalue weighted by Crippen LogP contribution is -2.37. The molecule has 8 heteroatoms. The van der Waals surface area contributed by atoms with E-state index in [2.05, 4.69) is 9.71 Å². The summed E-state index contributed by atoms with van der Waals surface area (Å²) >= 11 is 0. The Bertz CT molecular complexity index is 1460. The Kier molecular flexibility index (Phi) is 6.13. The summed E-state index contributed by atoms with van der Waals surface area (Å²) in [6.07, 6.45) is 3.27. The van der Waals surface area contributed by atoms with E-state index in [0.717, 1.165) is 18.2 Å². The first-order chi connectivity index (χ1) is 16.9. The summed E-state index contributed by atoms with van der Waals surface area (Å²) in [4.78, 5) is 19.2. The number of likely N-dealkylation sites (tertiary alicyclic amines) is 1. The molecule has 0 bridgehead atoms. The smallest absolute Gasteiger partial charge is 0.264 e. The molecule has 0 atom stereocenters. The average Bonchev–Trinajstić information content (AvgIpc) is 2.89. The van der Waals surface area contributed by atoms with Gasteiger partial charge in [-0.3, -0.25) is 14.5 Å². The summed E-state index contributed by atoms with van der Waals surface area (Å²) in [6, 6.07) is 22.4. The highest BCUT2D eigenvalue weighted by atomic mass is 32.2. The van der Waals surface area contributed by atoms with Crippen LogP contribution in [0.25, 0.3) is 10.9 Å². The number of fused-ring (bicyclic) bond motifs is 1. The lowest BCUT2D eigenvalue weighted by Gasteiger charge is -2.32. The minimum atomic E-state index is -3.85. The Balaban J connectivity index is 1.25. The molecule has 0 saturated carbocycles. The number of para-hydroxylation sites is 1. The summed E-state index contributed by atoms with van der Waals surface area (Å²) in [5.74, 6) is 0.544. The highest BCUT2D eigenvalue weighted by Gasteiger charge is 2.25. The fraction of sp³-hybridized carbons (Fsp3) is 0.185. The van der Waals surface area contributed by atoms with Gasteiger partial charge in [0, 0.05) is 35.9 Å². The summed E-state index contributed by atoms with van der Waals surface area (Å²) in [7, 11) is -3.85. The summed E-state index contributed by atoms with van der Waals surface area (Å²) in [5, 5.41) is 10.2. The lowest BCUT2D eigenvalue weighted by molar-refractivity contribution is 0.0713. The predicted molar refractivity (Wildman–Crippen MR) is 135 cm³/mol.